The van der Waals surface area contributed by atoms with Crippen LogP contribution in [0.2, 0.25) is 0 Å². The molecule has 3 rings (SSSR count). The van der Waals surface area contributed by atoms with E-state index in [1.807, 2.05) is 4.90 Å². The van der Waals surface area contributed by atoms with E-state index in [1.165, 1.54) is 12.8 Å². The van der Waals surface area contributed by atoms with Crippen LogP contribution in [0.25, 0.3) is 0 Å². The molecule has 1 aromatic rings. The van der Waals surface area contributed by atoms with E-state index >= 15 is 0 Å². The first kappa shape index (κ1) is 14.9. The number of likely N-dealkylation sites (tertiary alicyclic amines) is 1. The quantitative estimate of drug-likeness (QED) is 0.914. The van der Waals surface area contributed by atoms with E-state index in [2.05, 4.69) is 15.5 Å². The molecule has 0 aromatic carbocycles. The maximum atomic E-state index is 12.2. The molecule has 120 valence electrons. The summed E-state index contributed by atoms with van der Waals surface area (Å²) in [5.41, 5.74) is 0. The molecule has 22 heavy (non-hydrogen) atoms. The van der Waals surface area contributed by atoms with E-state index in [0.29, 0.717) is 30.9 Å². The molecule has 1 aromatic heterocycles. The molecular weight excluding hydrogens is 284 g/mol. The molecule has 0 unspecified atom stereocenters. The van der Waals surface area contributed by atoms with Gasteiger partial charge < -0.3 is 19.7 Å². The van der Waals surface area contributed by atoms with Gasteiger partial charge in [0, 0.05) is 31.1 Å². The first-order chi connectivity index (χ1) is 10.7. The van der Waals surface area contributed by atoms with Crippen LogP contribution in [-0.4, -0.2) is 53.5 Å². The van der Waals surface area contributed by atoms with Crippen molar-refractivity contribution >= 4 is 6.03 Å². The Kier molecular flexibility index (Phi) is 4.60. The van der Waals surface area contributed by atoms with E-state index in [9.17, 15) is 4.79 Å². The van der Waals surface area contributed by atoms with Crippen molar-refractivity contribution in [2.24, 2.45) is 0 Å². The average molecular weight is 306 g/mol. The number of carbonyl (C=O) groups excluding carboxylic acids is 1. The predicted molar refractivity (Wildman–Crippen MR) is 80.0 cm³/mol. The van der Waals surface area contributed by atoms with Gasteiger partial charge in [-0.3, -0.25) is 0 Å². The summed E-state index contributed by atoms with van der Waals surface area (Å²) in [5, 5.41) is 10.9. The summed E-state index contributed by atoms with van der Waals surface area (Å²) in [6.07, 6.45) is 5.41. The minimum absolute atomic E-state index is 0.0267. The molecular formula is C15H22N4O3. The molecule has 2 fully saturated rings. The number of urea groups is 1. The van der Waals surface area contributed by atoms with Crippen LogP contribution in [0.15, 0.2) is 12.1 Å². The van der Waals surface area contributed by atoms with Gasteiger partial charge in [-0.1, -0.05) is 12.8 Å². The third kappa shape index (κ3) is 3.58. The number of aromatic nitrogens is 2. The Bertz CT molecular complexity index is 502. The Labute approximate surface area is 130 Å². The number of hydrogen-bond acceptors (Lipinski definition) is 5. The summed E-state index contributed by atoms with van der Waals surface area (Å²) < 4.78 is 10.7. The lowest BCUT2D eigenvalue weighted by atomic mass is 10.2. The highest BCUT2D eigenvalue weighted by molar-refractivity contribution is 5.74. The SMILES string of the molecule is COc1ccc(O[C@H]2CCN(C(=O)NC3CCCC3)C2)nn1. The van der Waals surface area contributed by atoms with Gasteiger partial charge in [-0.2, -0.15) is 0 Å². The summed E-state index contributed by atoms with van der Waals surface area (Å²) in [7, 11) is 1.54. The van der Waals surface area contributed by atoms with Crippen LogP contribution in [0, 0.1) is 0 Å². The molecule has 0 radical (unpaired) electrons. The van der Waals surface area contributed by atoms with Crippen molar-refractivity contribution in [1.82, 2.24) is 20.4 Å². The maximum absolute atomic E-state index is 12.2. The molecule has 1 aliphatic heterocycles. The van der Waals surface area contributed by atoms with Gasteiger partial charge in [0.1, 0.15) is 6.10 Å². The minimum Gasteiger partial charge on any atom is -0.480 e. The number of rotatable bonds is 4. The van der Waals surface area contributed by atoms with Crippen molar-refractivity contribution in [3.05, 3.63) is 12.1 Å². The third-order valence-electron chi connectivity index (χ3n) is 4.23. The minimum atomic E-state index is -0.0305. The van der Waals surface area contributed by atoms with E-state index in [0.717, 1.165) is 19.3 Å². The van der Waals surface area contributed by atoms with Crippen molar-refractivity contribution in [2.45, 2.75) is 44.2 Å². The van der Waals surface area contributed by atoms with Gasteiger partial charge >= 0.3 is 6.03 Å². The van der Waals surface area contributed by atoms with Crippen LogP contribution in [0.1, 0.15) is 32.1 Å². The van der Waals surface area contributed by atoms with Crippen molar-refractivity contribution in [3.8, 4) is 11.8 Å². The molecule has 1 saturated carbocycles. The number of methoxy groups -OCH3 is 1. The van der Waals surface area contributed by atoms with Crippen LogP contribution < -0.4 is 14.8 Å². The second kappa shape index (κ2) is 6.81. The fourth-order valence-corrected chi connectivity index (χ4v) is 3.00. The van der Waals surface area contributed by atoms with Gasteiger partial charge in [0.05, 0.1) is 13.7 Å². The molecule has 0 spiro atoms. The molecule has 0 bridgehead atoms. The largest absolute Gasteiger partial charge is 0.480 e. The van der Waals surface area contributed by atoms with Crippen molar-refractivity contribution in [3.63, 3.8) is 0 Å². The maximum Gasteiger partial charge on any atom is 0.317 e. The molecule has 2 heterocycles. The summed E-state index contributed by atoms with van der Waals surface area (Å²) in [6, 6.07) is 3.81. The predicted octanol–water partition coefficient (Wildman–Crippen LogP) is 1.59. The van der Waals surface area contributed by atoms with Crippen LogP contribution in [-0.2, 0) is 0 Å². The first-order valence-corrected chi connectivity index (χ1v) is 7.84. The van der Waals surface area contributed by atoms with E-state index in [1.54, 1.807) is 19.2 Å². The molecule has 7 heteroatoms. The lowest BCUT2D eigenvalue weighted by molar-refractivity contribution is 0.179. The molecule has 2 amide bonds. The fraction of sp³-hybridized carbons (Fsp3) is 0.667. The highest BCUT2D eigenvalue weighted by atomic mass is 16.5. The highest BCUT2D eigenvalue weighted by Gasteiger charge is 2.29. The zero-order valence-electron chi connectivity index (χ0n) is 12.8. The van der Waals surface area contributed by atoms with Crippen molar-refractivity contribution < 1.29 is 14.3 Å². The fourth-order valence-electron chi connectivity index (χ4n) is 3.00. The van der Waals surface area contributed by atoms with Gasteiger partial charge in [-0.05, 0) is 12.8 Å². The second-order valence-electron chi connectivity index (χ2n) is 5.82. The van der Waals surface area contributed by atoms with Gasteiger partial charge in [0.2, 0.25) is 11.8 Å². The second-order valence-corrected chi connectivity index (χ2v) is 5.82. The van der Waals surface area contributed by atoms with E-state index in [4.69, 9.17) is 9.47 Å². The van der Waals surface area contributed by atoms with Crippen LogP contribution in [0.4, 0.5) is 4.79 Å². The van der Waals surface area contributed by atoms with Crippen LogP contribution >= 0.6 is 0 Å². The van der Waals surface area contributed by atoms with E-state index in [-0.39, 0.29) is 12.1 Å². The molecule has 1 N–H and O–H groups in total. The first-order valence-electron chi connectivity index (χ1n) is 7.84. The Morgan fingerprint density at radius 3 is 2.64 bits per heavy atom. The van der Waals surface area contributed by atoms with Gasteiger partial charge in [0.15, 0.2) is 0 Å². The van der Waals surface area contributed by atoms with Crippen molar-refractivity contribution in [1.29, 1.82) is 0 Å². The number of carbonyl (C=O) groups is 1. The van der Waals surface area contributed by atoms with Crippen molar-refractivity contribution in [2.75, 3.05) is 20.2 Å². The molecule has 1 aliphatic carbocycles. The van der Waals surface area contributed by atoms with Gasteiger partial charge in [-0.25, -0.2) is 4.79 Å². The Hall–Kier alpha value is -2.05. The molecule has 7 nitrogen and oxygen atoms in total. The summed E-state index contributed by atoms with van der Waals surface area (Å²) in [5.74, 6) is 0.917. The molecule has 2 aliphatic rings. The number of ether oxygens (including phenoxy) is 2. The molecule has 1 atom stereocenters. The summed E-state index contributed by atoms with van der Waals surface area (Å²) in [6.45, 7) is 1.30. The highest BCUT2D eigenvalue weighted by Crippen LogP contribution is 2.20. The Morgan fingerprint density at radius 1 is 1.23 bits per heavy atom. The smallest absolute Gasteiger partial charge is 0.317 e. The number of amides is 2. The number of hydrogen-bond donors (Lipinski definition) is 1. The normalized spacial score (nSPS) is 21.9. The van der Waals surface area contributed by atoms with E-state index < -0.39 is 0 Å². The summed E-state index contributed by atoms with van der Waals surface area (Å²) >= 11 is 0. The monoisotopic (exact) mass is 306 g/mol. The van der Waals surface area contributed by atoms with Gasteiger partial charge in [-0.15, -0.1) is 10.2 Å². The Balaban J connectivity index is 1.47. The zero-order valence-corrected chi connectivity index (χ0v) is 12.8. The molecule has 1 saturated heterocycles. The topological polar surface area (TPSA) is 76.6 Å². The summed E-state index contributed by atoms with van der Waals surface area (Å²) in [4.78, 5) is 14.0. The average Bonchev–Trinajstić information content (AvgIpc) is 3.20. The lowest BCUT2D eigenvalue weighted by Crippen LogP contribution is -2.43. The number of nitrogens with one attached hydrogen (secondary N) is 1. The van der Waals surface area contributed by atoms with Crippen LogP contribution in [0.3, 0.4) is 0 Å². The Morgan fingerprint density at radius 2 is 1.95 bits per heavy atom. The lowest BCUT2D eigenvalue weighted by Gasteiger charge is -2.20. The third-order valence-corrected chi connectivity index (χ3v) is 4.23. The van der Waals surface area contributed by atoms with Gasteiger partial charge in [0.25, 0.3) is 0 Å². The standard InChI is InChI=1S/C15H22N4O3/c1-21-13-6-7-14(18-17-13)22-12-8-9-19(10-12)15(20)16-11-4-2-3-5-11/h6-7,11-12H,2-5,8-10H2,1H3,(H,16,20)/t12-/m0/s1. The number of nitrogens with zero attached hydrogens (tertiary/aromatic N) is 3. The van der Waals surface area contributed by atoms with Crippen LogP contribution in [0.5, 0.6) is 11.8 Å². The zero-order chi connectivity index (χ0) is 15.4.